The number of thiazole rings is 1. The van der Waals surface area contributed by atoms with Gasteiger partial charge in [-0.25, -0.2) is 9.78 Å². The quantitative estimate of drug-likeness (QED) is 0.722. The molecule has 0 fully saturated rings. The van der Waals surface area contributed by atoms with Crippen molar-refractivity contribution in [1.29, 1.82) is 0 Å². The molecule has 0 aliphatic heterocycles. The number of amides is 2. The van der Waals surface area contributed by atoms with E-state index in [0.717, 1.165) is 15.3 Å². The Morgan fingerprint density at radius 3 is 3.00 bits per heavy atom. The first kappa shape index (κ1) is 11.7. The number of hydrogen-bond donors (Lipinski definition) is 3. The maximum atomic E-state index is 10.5. The predicted molar refractivity (Wildman–Crippen MR) is 70.4 cm³/mol. The Balaban J connectivity index is 2.00. The normalized spacial score (nSPS) is 10.4. The van der Waals surface area contributed by atoms with Crippen LogP contribution in [0.5, 0.6) is 0 Å². The van der Waals surface area contributed by atoms with Crippen LogP contribution >= 0.6 is 11.3 Å². The van der Waals surface area contributed by atoms with Crippen LogP contribution in [0.1, 0.15) is 5.56 Å². The number of carbonyl (C=O) groups is 1. The first-order valence-corrected chi connectivity index (χ1v) is 6.12. The van der Waals surface area contributed by atoms with E-state index in [9.17, 15) is 4.79 Å². The van der Waals surface area contributed by atoms with Gasteiger partial charge in [0.1, 0.15) is 0 Å². The molecular weight excluding hydrogens is 236 g/mol. The van der Waals surface area contributed by atoms with Crippen LogP contribution in [0.2, 0.25) is 0 Å². The molecular formula is C11H14N4OS. The lowest BCUT2D eigenvalue weighted by atomic mass is 10.2. The number of rotatable bonds is 4. The van der Waals surface area contributed by atoms with Crippen molar-refractivity contribution in [1.82, 2.24) is 10.3 Å². The lowest BCUT2D eigenvalue weighted by Crippen LogP contribution is -2.33. The molecule has 0 saturated heterocycles. The van der Waals surface area contributed by atoms with Crippen molar-refractivity contribution in [2.75, 3.05) is 18.4 Å². The van der Waals surface area contributed by atoms with E-state index in [1.54, 1.807) is 11.3 Å². The molecule has 0 atom stereocenters. The number of nitrogens with two attached hydrogens (primary N) is 1. The second kappa shape index (κ2) is 5.01. The van der Waals surface area contributed by atoms with Gasteiger partial charge in [-0.05, 0) is 18.6 Å². The summed E-state index contributed by atoms with van der Waals surface area (Å²) in [5, 5.41) is 6.53. The Morgan fingerprint density at radius 1 is 1.47 bits per heavy atom. The van der Waals surface area contributed by atoms with Crippen LogP contribution in [0, 0.1) is 6.92 Å². The van der Waals surface area contributed by atoms with E-state index in [1.165, 1.54) is 5.56 Å². The average Bonchev–Trinajstić information content (AvgIpc) is 2.69. The summed E-state index contributed by atoms with van der Waals surface area (Å²) in [6, 6.07) is 5.61. The number of primary amides is 1. The first-order chi connectivity index (χ1) is 8.16. The number of urea groups is 1. The Hall–Kier alpha value is -1.82. The second-order valence-corrected chi connectivity index (χ2v) is 4.69. The summed E-state index contributed by atoms with van der Waals surface area (Å²) < 4.78 is 1.16. The molecule has 4 N–H and O–H groups in total. The van der Waals surface area contributed by atoms with Crippen molar-refractivity contribution < 1.29 is 4.79 Å². The van der Waals surface area contributed by atoms with Crippen LogP contribution in [0.25, 0.3) is 10.2 Å². The second-order valence-electron chi connectivity index (χ2n) is 3.66. The first-order valence-electron chi connectivity index (χ1n) is 5.30. The van der Waals surface area contributed by atoms with Gasteiger partial charge >= 0.3 is 6.03 Å². The molecule has 90 valence electrons. The Morgan fingerprint density at radius 2 is 2.29 bits per heavy atom. The maximum absolute atomic E-state index is 10.5. The zero-order valence-corrected chi connectivity index (χ0v) is 10.3. The summed E-state index contributed by atoms with van der Waals surface area (Å²) >= 11 is 1.60. The Bertz CT molecular complexity index is 537. The van der Waals surface area contributed by atoms with Gasteiger partial charge in [-0.15, -0.1) is 0 Å². The molecule has 0 aliphatic rings. The molecule has 1 heterocycles. The maximum Gasteiger partial charge on any atom is 0.312 e. The van der Waals surface area contributed by atoms with Gasteiger partial charge in [0, 0.05) is 13.1 Å². The molecule has 2 amide bonds. The zero-order valence-electron chi connectivity index (χ0n) is 9.49. The molecule has 0 saturated carbocycles. The van der Waals surface area contributed by atoms with Gasteiger partial charge in [-0.1, -0.05) is 23.5 Å². The summed E-state index contributed by atoms with van der Waals surface area (Å²) in [5.74, 6) is 0. The number of fused-ring (bicyclic) bond motifs is 1. The van der Waals surface area contributed by atoms with Gasteiger partial charge in [0.25, 0.3) is 0 Å². The fourth-order valence-electron chi connectivity index (χ4n) is 1.52. The topological polar surface area (TPSA) is 80.0 Å². The minimum absolute atomic E-state index is 0.490. The van der Waals surface area contributed by atoms with Crippen molar-refractivity contribution >= 4 is 32.7 Å². The summed E-state index contributed by atoms with van der Waals surface area (Å²) in [5.41, 5.74) is 7.16. The number of aryl methyl sites for hydroxylation is 1. The number of carbonyl (C=O) groups excluding carboxylic acids is 1. The molecule has 0 bridgehead atoms. The average molecular weight is 250 g/mol. The fourth-order valence-corrected chi connectivity index (χ4v) is 2.49. The molecule has 0 unspecified atom stereocenters. The Labute approximate surface area is 103 Å². The summed E-state index contributed by atoms with van der Waals surface area (Å²) in [7, 11) is 0. The van der Waals surface area contributed by atoms with Crippen molar-refractivity contribution in [3.8, 4) is 0 Å². The number of nitrogens with zero attached hydrogens (tertiary/aromatic N) is 1. The SMILES string of the molecule is Cc1cccc2sc(NCCNC(N)=O)nc12. The van der Waals surface area contributed by atoms with E-state index in [0.29, 0.717) is 13.1 Å². The molecule has 1 aromatic heterocycles. The smallest absolute Gasteiger partial charge is 0.312 e. The van der Waals surface area contributed by atoms with Crippen molar-refractivity contribution in [2.24, 2.45) is 5.73 Å². The highest BCUT2D eigenvalue weighted by Gasteiger charge is 2.04. The van der Waals surface area contributed by atoms with Crippen LogP contribution < -0.4 is 16.4 Å². The van der Waals surface area contributed by atoms with Gasteiger partial charge in [0.15, 0.2) is 5.13 Å². The molecule has 6 heteroatoms. The highest BCUT2D eigenvalue weighted by Crippen LogP contribution is 2.27. The summed E-state index contributed by atoms with van der Waals surface area (Å²) in [4.78, 5) is 15.0. The van der Waals surface area contributed by atoms with Crippen LogP contribution in [0.15, 0.2) is 18.2 Å². The van der Waals surface area contributed by atoms with Crippen LogP contribution in [-0.2, 0) is 0 Å². The van der Waals surface area contributed by atoms with Crippen molar-refractivity contribution in [3.05, 3.63) is 23.8 Å². The van der Waals surface area contributed by atoms with E-state index in [2.05, 4.69) is 15.6 Å². The van der Waals surface area contributed by atoms with Crippen LogP contribution in [0.3, 0.4) is 0 Å². The van der Waals surface area contributed by atoms with E-state index < -0.39 is 6.03 Å². The number of nitrogens with one attached hydrogen (secondary N) is 2. The van der Waals surface area contributed by atoms with E-state index in [4.69, 9.17) is 5.73 Å². The monoisotopic (exact) mass is 250 g/mol. The molecule has 0 radical (unpaired) electrons. The highest BCUT2D eigenvalue weighted by molar-refractivity contribution is 7.22. The number of hydrogen-bond acceptors (Lipinski definition) is 4. The molecule has 2 aromatic rings. The van der Waals surface area contributed by atoms with Crippen molar-refractivity contribution in [2.45, 2.75) is 6.92 Å². The third-order valence-corrected chi connectivity index (χ3v) is 3.30. The number of anilines is 1. The zero-order chi connectivity index (χ0) is 12.3. The largest absolute Gasteiger partial charge is 0.360 e. The predicted octanol–water partition coefficient (Wildman–Crippen LogP) is 1.68. The van der Waals surface area contributed by atoms with E-state index in [-0.39, 0.29) is 0 Å². The van der Waals surface area contributed by atoms with Crippen LogP contribution in [0.4, 0.5) is 9.93 Å². The summed E-state index contributed by atoms with van der Waals surface area (Å²) in [6.45, 7) is 3.15. The Kier molecular flexibility index (Phi) is 3.43. The molecule has 2 rings (SSSR count). The third-order valence-electron chi connectivity index (χ3n) is 2.32. The molecule has 5 nitrogen and oxygen atoms in total. The number of para-hydroxylation sites is 1. The van der Waals surface area contributed by atoms with Crippen molar-refractivity contribution in [3.63, 3.8) is 0 Å². The lowest BCUT2D eigenvalue weighted by Gasteiger charge is -2.02. The van der Waals surface area contributed by atoms with E-state index in [1.807, 2.05) is 25.1 Å². The molecule has 17 heavy (non-hydrogen) atoms. The van der Waals surface area contributed by atoms with Crippen LogP contribution in [-0.4, -0.2) is 24.1 Å². The molecule has 0 aliphatic carbocycles. The number of benzene rings is 1. The van der Waals surface area contributed by atoms with E-state index >= 15 is 0 Å². The summed E-state index contributed by atoms with van der Waals surface area (Å²) in [6.07, 6.45) is 0. The molecule has 1 aromatic carbocycles. The van der Waals surface area contributed by atoms with Gasteiger partial charge in [0.2, 0.25) is 0 Å². The van der Waals surface area contributed by atoms with Gasteiger partial charge in [0.05, 0.1) is 10.2 Å². The third kappa shape index (κ3) is 2.85. The standard InChI is InChI=1S/C11H14N4OS/c1-7-3-2-4-8-9(7)15-11(17-8)14-6-5-13-10(12)16/h2-4H,5-6H2,1H3,(H,14,15)(H3,12,13,16). The minimum atomic E-state index is -0.507. The highest BCUT2D eigenvalue weighted by atomic mass is 32.1. The molecule has 0 spiro atoms. The number of aromatic nitrogens is 1. The fraction of sp³-hybridized carbons (Fsp3) is 0.273. The lowest BCUT2D eigenvalue weighted by molar-refractivity contribution is 0.249. The minimum Gasteiger partial charge on any atom is -0.360 e. The van der Waals surface area contributed by atoms with Gasteiger partial charge < -0.3 is 16.4 Å². The van der Waals surface area contributed by atoms with Gasteiger partial charge in [-0.2, -0.15) is 0 Å². The van der Waals surface area contributed by atoms with Gasteiger partial charge in [-0.3, -0.25) is 0 Å².